The third-order valence-corrected chi connectivity index (χ3v) is 7.74. The maximum Gasteiger partial charge on any atom is 0.255 e. The fourth-order valence-electron chi connectivity index (χ4n) is 3.17. The minimum atomic E-state index is -3.38. The average molecular weight is 486 g/mol. The Morgan fingerprint density at radius 3 is 2.29 bits per heavy atom. The number of carbonyl (C=O) groups excluding carboxylic acids is 1. The second kappa shape index (κ2) is 9.17. The van der Waals surface area contributed by atoms with Crippen molar-refractivity contribution in [2.45, 2.75) is 70.4 Å². The molecule has 0 fully saturated rings. The van der Waals surface area contributed by atoms with Gasteiger partial charge in [-0.2, -0.15) is 9.78 Å². The number of aromatic amines is 1. The molecule has 9 nitrogen and oxygen atoms in total. The number of aromatic nitrogens is 4. The van der Waals surface area contributed by atoms with E-state index < -0.39 is 15.1 Å². The van der Waals surface area contributed by atoms with Gasteiger partial charge in [0.25, 0.3) is 5.56 Å². The molecule has 0 radical (unpaired) electrons. The molecule has 2 N–H and O–H groups in total. The Morgan fingerprint density at radius 1 is 1.15 bits per heavy atom. The fourth-order valence-corrected chi connectivity index (χ4v) is 4.23. The average Bonchev–Trinajstić information content (AvgIpc) is 3.16. The highest BCUT2D eigenvalue weighted by Crippen LogP contribution is 2.25. The van der Waals surface area contributed by atoms with Crippen LogP contribution >= 0.6 is 0 Å². The zero-order valence-corrected chi connectivity index (χ0v) is 21.4. The van der Waals surface area contributed by atoms with E-state index in [2.05, 4.69) is 20.4 Å². The standard InChI is InChI=1S/C24H31N5O4S/c1-14(2)34(32,33)18-10-8-17(9-11-18)12-21(30)26-20-13-19(24(5,6)7)28-29(20)23-25-16(4)15(3)22(31)27-23/h8-11,13-14H,12H2,1-7H3,(H,26,30)(H,25,27,31). The van der Waals surface area contributed by atoms with Crippen LogP contribution in [0.4, 0.5) is 5.82 Å². The van der Waals surface area contributed by atoms with Crippen LogP contribution < -0.4 is 10.9 Å². The lowest BCUT2D eigenvalue weighted by atomic mass is 9.92. The Labute approximate surface area is 199 Å². The lowest BCUT2D eigenvalue weighted by Crippen LogP contribution is -2.21. The van der Waals surface area contributed by atoms with Gasteiger partial charge < -0.3 is 5.32 Å². The van der Waals surface area contributed by atoms with Gasteiger partial charge >= 0.3 is 0 Å². The number of hydrogen-bond donors (Lipinski definition) is 2. The molecule has 10 heteroatoms. The molecule has 2 aromatic heterocycles. The summed E-state index contributed by atoms with van der Waals surface area (Å²) in [6.07, 6.45) is 0.0366. The van der Waals surface area contributed by atoms with Crippen LogP contribution in [0.3, 0.4) is 0 Å². The van der Waals surface area contributed by atoms with E-state index >= 15 is 0 Å². The number of anilines is 1. The van der Waals surface area contributed by atoms with Gasteiger partial charge in [-0.25, -0.2) is 13.4 Å². The predicted molar refractivity (Wildman–Crippen MR) is 131 cm³/mol. The van der Waals surface area contributed by atoms with E-state index in [1.54, 1.807) is 45.9 Å². The molecule has 3 aromatic rings. The minimum absolute atomic E-state index is 0.0366. The molecule has 3 rings (SSSR count). The van der Waals surface area contributed by atoms with Crippen LogP contribution in [0.5, 0.6) is 0 Å². The second-order valence-electron chi connectivity index (χ2n) is 9.64. The van der Waals surface area contributed by atoms with E-state index in [1.165, 1.54) is 16.8 Å². The van der Waals surface area contributed by atoms with Crippen molar-refractivity contribution in [2.24, 2.45) is 0 Å². The number of amides is 1. The smallest absolute Gasteiger partial charge is 0.255 e. The predicted octanol–water partition coefficient (Wildman–Crippen LogP) is 3.23. The first-order chi connectivity index (χ1) is 15.7. The molecular formula is C24H31N5O4S. The van der Waals surface area contributed by atoms with Crippen LogP contribution in [0, 0.1) is 13.8 Å². The van der Waals surface area contributed by atoms with Gasteiger partial charge in [0.15, 0.2) is 9.84 Å². The molecule has 1 aromatic carbocycles. The molecule has 0 aliphatic rings. The van der Waals surface area contributed by atoms with Crippen molar-refractivity contribution >= 4 is 21.6 Å². The van der Waals surface area contributed by atoms with Crippen LogP contribution in [0.25, 0.3) is 5.95 Å². The molecule has 34 heavy (non-hydrogen) atoms. The number of rotatable bonds is 6. The molecule has 182 valence electrons. The molecule has 0 saturated heterocycles. The molecular weight excluding hydrogens is 454 g/mol. The lowest BCUT2D eigenvalue weighted by Gasteiger charge is -2.14. The molecule has 0 bridgehead atoms. The van der Waals surface area contributed by atoms with Gasteiger partial charge in [0.2, 0.25) is 11.9 Å². The minimum Gasteiger partial charge on any atom is -0.310 e. The molecule has 0 saturated carbocycles. The number of benzene rings is 1. The summed E-state index contributed by atoms with van der Waals surface area (Å²) in [7, 11) is -3.38. The summed E-state index contributed by atoms with van der Waals surface area (Å²) in [5.41, 5.74) is 1.89. The largest absolute Gasteiger partial charge is 0.310 e. The third kappa shape index (κ3) is 5.27. The first-order valence-corrected chi connectivity index (χ1v) is 12.6. The highest BCUT2D eigenvalue weighted by atomic mass is 32.2. The van der Waals surface area contributed by atoms with Crippen molar-refractivity contribution in [1.29, 1.82) is 0 Å². The quantitative estimate of drug-likeness (QED) is 0.552. The maximum absolute atomic E-state index is 12.8. The van der Waals surface area contributed by atoms with Crippen LogP contribution in [-0.4, -0.2) is 39.3 Å². The molecule has 1 amide bonds. The van der Waals surface area contributed by atoms with E-state index in [0.29, 0.717) is 28.3 Å². The van der Waals surface area contributed by atoms with Crippen LogP contribution in [-0.2, 0) is 26.5 Å². The monoisotopic (exact) mass is 485 g/mol. The zero-order chi connectivity index (χ0) is 25.4. The Morgan fingerprint density at radius 2 is 1.76 bits per heavy atom. The number of sulfone groups is 1. The summed E-state index contributed by atoms with van der Waals surface area (Å²) >= 11 is 0. The van der Waals surface area contributed by atoms with E-state index in [4.69, 9.17) is 0 Å². The maximum atomic E-state index is 12.8. The Kier molecular flexibility index (Phi) is 6.84. The fraction of sp³-hybridized carbons (Fsp3) is 0.417. The van der Waals surface area contributed by atoms with Crippen molar-refractivity contribution in [3.8, 4) is 5.95 Å². The van der Waals surface area contributed by atoms with Gasteiger partial charge in [0.1, 0.15) is 5.82 Å². The van der Waals surface area contributed by atoms with Crippen LogP contribution in [0.15, 0.2) is 40.0 Å². The van der Waals surface area contributed by atoms with Gasteiger partial charge in [-0.15, -0.1) is 0 Å². The van der Waals surface area contributed by atoms with Gasteiger partial charge in [-0.1, -0.05) is 32.9 Å². The van der Waals surface area contributed by atoms with Crippen molar-refractivity contribution in [3.63, 3.8) is 0 Å². The lowest BCUT2D eigenvalue weighted by molar-refractivity contribution is -0.115. The molecule has 0 spiro atoms. The van der Waals surface area contributed by atoms with E-state index in [0.717, 1.165) is 0 Å². The molecule has 0 atom stereocenters. The number of nitrogens with zero attached hydrogens (tertiary/aromatic N) is 3. The second-order valence-corrected chi connectivity index (χ2v) is 12.1. The first-order valence-electron chi connectivity index (χ1n) is 11.0. The number of aryl methyl sites for hydroxylation is 1. The Balaban J connectivity index is 1.90. The topological polar surface area (TPSA) is 127 Å². The zero-order valence-electron chi connectivity index (χ0n) is 20.6. The van der Waals surface area contributed by atoms with Gasteiger partial charge in [-0.05, 0) is 45.4 Å². The van der Waals surface area contributed by atoms with Crippen molar-refractivity contribution < 1.29 is 13.2 Å². The highest BCUT2D eigenvalue weighted by molar-refractivity contribution is 7.92. The van der Waals surface area contributed by atoms with Crippen molar-refractivity contribution in [2.75, 3.05) is 5.32 Å². The summed E-state index contributed by atoms with van der Waals surface area (Å²) in [5.74, 6) is 0.273. The van der Waals surface area contributed by atoms with Gasteiger partial charge in [0.05, 0.1) is 22.3 Å². The highest BCUT2D eigenvalue weighted by Gasteiger charge is 2.23. The molecule has 0 aliphatic heterocycles. The number of H-pyrrole nitrogens is 1. The third-order valence-electron chi connectivity index (χ3n) is 5.57. The summed E-state index contributed by atoms with van der Waals surface area (Å²) in [5, 5.41) is 6.91. The number of nitrogens with one attached hydrogen (secondary N) is 2. The van der Waals surface area contributed by atoms with Gasteiger partial charge in [-0.3, -0.25) is 14.6 Å². The van der Waals surface area contributed by atoms with E-state index in [9.17, 15) is 18.0 Å². The van der Waals surface area contributed by atoms with Crippen LogP contribution in [0.2, 0.25) is 0 Å². The number of hydrogen-bond acceptors (Lipinski definition) is 6. The summed E-state index contributed by atoms with van der Waals surface area (Å²) in [6.45, 7) is 12.7. The van der Waals surface area contributed by atoms with Crippen molar-refractivity contribution in [3.05, 3.63) is 63.2 Å². The van der Waals surface area contributed by atoms with Gasteiger partial charge in [0, 0.05) is 22.7 Å². The number of carbonyl (C=O) groups is 1. The Hall–Kier alpha value is -3.27. The normalized spacial score (nSPS) is 12.2. The van der Waals surface area contributed by atoms with E-state index in [1.807, 2.05) is 20.8 Å². The van der Waals surface area contributed by atoms with Crippen LogP contribution in [0.1, 0.15) is 57.1 Å². The summed E-state index contributed by atoms with van der Waals surface area (Å²) in [4.78, 5) is 32.5. The first kappa shape index (κ1) is 25.4. The summed E-state index contributed by atoms with van der Waals surface area (Å²) in [6, 6.07) is 8.06. The molecule has 0 aliphatic carbocycles. The molecule has 2 heterocycles. The SMILES string of the molecule is Cc1nc(-n2nc(C(C)(C)C)cc2NC(=O)Cc2ccc(S(=O)(=O)C(C)C)cc2)[nH]c(=O)c1C. The van der Waals surface area contributed by atoms with Crippen molar-refractivity contribution in [1.82, 2.24) is 19.7 Å². The van der Waals surface area contributed by atoms with E-state index in [-0.39, 0.29) is 34.1 Å². The Bertz CT molecular complexity index is 1380. The summed E-state index contributed by atoms with van der Waals surface area (Å²) < 4.78 is 26.0. The molecule has 0 unspecified atom stereocenters.